The highest BCUT2D eigenvalue weighted by atomic mass is 15.3. The Hall–Kier alpha value is -2.50. The molecule has 0 radical (unpaired) electrons. The van der Waals surface area contributed by atoms with E-state index in [0.717, 1.165) is 44.3 Å². The van der Waals surface area contributed by atoms with Crippen LogP contribution in [0.3, 0.4) is 0 Å². The van der Waals surface area contributed by atoms with E-state index in [9.17, 15) is 0 Å². The summed E-state index contributed by atoms with van der Waals surface area (Å²) < 4.78 is 2.06. The number of aromatic nitrogens is 2. The SMILES string of the molecule is CN=C(NCCCn1nc(C)cc1C)NCCN(C)c1ccccc1. The number of para-hydroxylation sites is 1. The van der Waals surface area contributed by atoms with E-state index in [1.54, 1.807) is 7.05 Å². The lowest BCUT2D eigenvalue weighted by Gasteiger charge is -2.20. The van der Waals surface area contributed by atoms with Gasteiger partial charge in [-0.25, -0.2) is 0 Å². The lowest BCUT2D eigenvalue weighted by molar-refractivity contribution is 0.555. The average molecular weight is 342 g/mol. The molecule has 2 N–H and O–H groups in total. The maximum absolute atomic E-state index is 4.48. The molecule has 0 saturated heterocycles. The van der Waals surface area contributed by atoms with Gasteiger partial charge in [0.2, 0.25) is 0 Å². The Morgan fingerprint density at radius 2 is 1.88 bits per heavy atom. The van der Waals surface area contributed by atoms with Crippen LogP contribution in [0.4, 0.5) is 5.69 Å². The molecule has 1 heterocycles. The summed E-state index contributed by atoms with van der Waals surface area (Å²) in [5, 5.41) is 11.2. The lowest BCUT2D eigenvalue weighted by atomic mass is 10.3. The smallest absolute Gasteiger partial charge is 0.191 e. The van der Waals surface area contributed by atoms with Crippen LogP contribution >= 0.6 is 0 Å². The number of anilines is 1. The van der Waals surface area contributed by atoms with Gasteiger partial charge in [0.05, 0.1) is 5.69 Å². The molecule has 0 bridgehead atoms. The van der Waals surface area contributed by atoms with Crippen molar-refractivity contribution in [2.45, 2.75) is 26.8 Å². The van der Waals surface area contributed by atoms with E-state index < -0.39 is 0 Å². The first-order chi connectivity index (χ1) is 12.1. The topological polar surface area (TPSA) is 57.5 Å². The minimum atomic E-state index is 0.836. The van der Waals surface area contributed by atoms with Crippen molar-refractivity contribution in [3.63, 3.8) is 0 Å². The van der Waals surface area contributed by atoms with E-state index in [2.05, 4.69) is 74.6 Å². The van der Waals surface area contributed by atoms with Gasteiger partial charge in [-0.2, -0.15) is 5.10 Å². The first-order valence-corrected chi connectivity index (χ1v) is 8.82. The summed E-state index contributed by atoms with van der Waals surface area (Å²) in [5.41, 5.74) is 3.51. The van der Waals surface area contributed by atoms with Gasteiger partial charge in [-0.1, -0.05) is 18.2 Å². The van der Waals surface area contributed by atoms with Crippen LogP contribution in [0.25, 0.3) is 0 Å². The van der Waals surface area contributed by atoms with E-state index in [1.165, 1.54) is 11.4 Å². The maximum atomic E-state index is 4.48. The molecule has 0 atom stereocenters. The Bertz CT molecular complexity index is 662. The predicted molar refractivity (Wildman–Crippen MR) is 105 cm³/mol. The molecule has 0 aliphatic rings. The highest BCUT2D eigenvalue weighted by Crippen LogP contribution is 2.09. The molecule has 6 nitrogen and oxygen atoms in total. The first-order valence-electron chi connectivity index (χ1n) is 8.82. The van der Waals surface area contributed by atoms with Gasteiger partial charge in [0, 0.05) is 51.7 Å². The number of nitrogens with one attached hydrogen (secondary N) is 2. The van der Waals surface area contributed by atoms with E-state index >= 15 is 0 Å². The largest absolute Gasteiger partial charge is 0.373 e. The number of nitrogens with zero attached hydrogens (tertiary/aromatic N) is 4. The van der Waals surface area contributed by atoms with Crippen LogP contribution in [-0.4, -0.2) is 49.5 Å². The summed E-state index contributed by atoms with van der Waals surface area (Å²) in [5.74, 6) is 0.842. The van der Waals surface area contributed by atoms with Gasteiger partial charge in [-0.15, -0.1) is 0 Å². The van der Waals surface area contributed by atoms with Gasteiger partial charge in [0.25, 0.3) is 0 Å². The van der Waals surface area contributed by atoms with Crippen molar-refractivity contribution in [3.8, 4) is 0 Å². The molecule has 0 spiro atoms. The fourth-order valence-corrected chi connectivity index (χ4v) is 2.71. The van der Waals surface area contributed by atoms with Crippen molar-refractivity contribution < 1.29 is 0 Å². The van der Waals surface area contributed by atoms with Gasteiger partial charge in [0.15, 0.2) is 5.96 Å². The normalized spacial score (nSPS) is 11.4. The fourth-order valence-electron chi connectivity index (χ4n) is 2.71. The summed E-state index contributed by atoms with van der Waals surface area (Å²) >= 11 is 0. The van der Waals surface area contributed by atoms with Crippen molar-refractivity contribution in [3.05, 3.63) is 47.8 Å². The number of guanidine groups is 1. The second-order valence-electron chi connectivity index (χ2n) is 6.19. The van der Waals surface area contributed by atoms with Gasteiger partial charge in [-0.05, 0) is 38.5 Å². The van der Waals surface area contributed by atoms with Gasteiger partial charge < -0.3 is 15.5 Å². The van der Waals surface area contributed by atoms with Crippen molar-refractivity contribution in [1.82, 2.24) is 20.4 Å². The van der Waals surface area contributed by atoms with Crippen molar-refractivity contribution in [1.29, 1.82) is 0 Å². The van der Waals surface area contributed by atoms with E-state index in [-0.39, 0.29) is 0 Å². The minimum absolute atomic E-state index is 0.836. The summed E-state index contributed by atoms with van der Waals surface area (Å²) in [6.07, 6.45) is 1.01. The van der Waals surface area contributed by atoms with Crippen LogP contribution in [0, 0.1) is 13.8 Å². The Balaban J connectivity index is 1.64. The molecule has 2 aromatic rings. The summed E-state index contributed by atoms with van der Waals surface area (Å²) in [7, 11) is 3.90. The summed E-state index contributed by atoms with van der Waals surface area (Å²) in [6, 6.07) is 12.5. The predicted octanol–water partition coefficient (Wildman–Crippen LogP) is 2.19. The number of aliphatic imine (C=N–C) groups is 1. The Labute approximate surface area is 151 Å². The van der Waals surface area contributed by atoms with Crippen LogP contribution in [0.5, 0.6) is 0 Å². The van der Waals surface area contributed by atoms with Crippen LogP contribution < -0.4 is 15.5 Å². The number of benzene rings is 1. The maximum Gasteiger partial charge on any atom is 0.191 e. The molecule has 1 aromatic carbocycles. The number of aryl methyl sites for hydroxylation is 3. The number of likely N-dealkylation sites (N-methyl/N-ethyl adjacent to an activating group) is 1. The van der Waals surface area contributed by atoms with E-state index in [0.29, 0.717) is 0 Å². The van der Waals surface area contributed by atoms with Crippen LogP contribution in [0.2, 0.25) is 0 Å². The lowest BCUT2D eigenvalue weighted by Crippen LogP contribution is -2.41. The molecule has 25 heavy (non-hydrogen) atoms. The second kappa shape index (κ2) is 9.71. The Morgan fingerprint density at radius 3 is 2.52 bits per heavy atom. The summed E-state index contributed by atoms with van der Waals surface area (Å²) in [4.78, 5) is 6.50. The molecule has 0 saturated carbocycles. The van der Waals surface area contributed by atoms with Crippen molar-refractivity contribution in [2.75, 3.05) is 38.6 Å². The molecule has 6 heteroatoms. The molecule has 136 valence electrons. The zero-order valence-electron chi connectivity index (χ0n) is 15.8. The number of hydrogen-bond acceptors (Lipinski definition) is 3. The third-order valence-electron chi connectivity index (χ3n) is 4.10. The standard InChI is InChI=1S/C19H30N6/c1-16-15-17(2)25(23-16)13-8-11-21-19(20-3)22-12-14-24(4)18-9-6-5-7-10-18/h5-7,9-10,15H,8,11-14H2,1-4H3,(H2,20,21,22). The molecule has 0 fully saturated rings. The molecule has 0 aliphatic carbocycles. The molecule has 0 aliphatic heterocycles. The van der Waals surface area contributed by atoms with E-state index in [1.807, 2.05) is 13.0 Å². The van der Waals surface area contributed by atoms with Gasteiger partial charge in [-0.3, -0.25) is 9.67 Å². The third kappa shape index (κ3) is 6.14. The van der Waals surface area contributed by atoms with Crippen LogP contribution in [0.15, 0.2) is 41.4 Å². The zero-order chi connectivity index (χ0) is 18.1. The van der Waals surface area contributed by atoms with Crippen molar-refractivity contribution >= 4 is 11.6 Å². The highest BCUT2D eigenvalue weighted by Gasteiger charge is 2.02. The average Bonchev–Trinajstić information content (AvgIpc) is 2.95. The van der Waals surface area contributed by atoms with Crippen molar-refractivity contribution in [2.24, 2.45) is 4.99 Å². The summed E-state index contributed by atoms with van der Waals surface area (Å²) in [6.45, 7) is 7.66. The molecule has 1 aromatic heterocycles. The van der Waals surface area contributed by atoms with Gasteiger partial charge in [0.1, 0.15) is 0 Å². The first kappa shape index (κ1) is 18.8. The third-order valence-corrected chi connectivity index (χ3v) is 4.10. The quantitative estimate of drug-likeness (QED) is 0.439. The van der Waals surface area contributed by atoms with Gasteiger partial charge >= 0.3 is 0 Å². The fraction of sp³-hybridized carbons (Fsp3) is 0.474. The molecule has 0 amide bonds. The molecule has 0 unspecified atom stereocenters. The zero-order valence-corrected chi connectivity index (χ0v) is 15.8. The minimum Gasteiger partial charge on any atom is -0.373 e. The highest BCUT2D eigenvalue weighted by molar-refractivity contribution is 5.79. The monoisotopic (exact) mass is 342 g/mol. The molecule has 2 rings (SSSR count). The van der Waals surface area contributed by atoms with Crippen LogP contribution in [0.1, 0.15) is 17.8 Å². The molecular weight excluding hydrogens is 312 g/mol. The Kier molecular flexibility index (Phi) is 7.32. The Morgan fingerprint density at radius 1 is 1.16 bits per heavy atom. The van der Waals surface area contributed by atoms with Crippen LogP contribution in [-0.2, 0) is 6.54 Å². The number of hydrogen-bond donors (Lipinski definition) is 2. The number of rotatable bonds is 8. The molecular formula is C19H30N6. The second-order valence-corrected chi connectivity index (χ2v) is 6.19. The van der Waals surface area contributed by atoms with E-state index in [4.69, 9.17) is 0 Å².